The minimum Gasteiger partial charge on any atom is -0.506 e. The highest BCUT2D eigenvalue weighted by molar-refractivity contribution is 6.10. The molecule has 1 aromatic carbocycles. The highest BCUT2D eigenvalue weighted by atomic mass is 16.7. The van der Waals surface area contributed by atoms with Gasteiger partial charge in [-0.05, 0) is 12.1 Å². The molecule has 0 spiro atoms. The zero-order valence-corrected chi connectivity index (χ0v) is 10.1. The number of fused-ring (bicyclic) bond motifs is 1. The Labute approximate surface area is 107 Å². The van der Waals surface area contributed by atoms with Gasteiger partial charge in [0.05, 0.1) is 19.2 Å². The number of benzene rings is 1. The third kappa shape index (κ3) is 2.36. The number of H-pyrrole nitrogens is 1. The van der Waals surface area contributed by atoms with Gasteiger partial charge in [0.25, 0.3) is 0 Å². The van der Waals surface area contributed by atoms with E-state index in [1.807, 2.05) is 0 Å². The molecule has 7 heteroatoms. The quantitative estimate of drug-likeness (QED) is 0.566. The Morgan fingerprint density at radius 3 is 2.79 bits per heavy atom. The summed E-state index contributed by atoms with van der Waals surface area (Å²) in [6.45, 7) is -0.155. The van der Waals surface area contributed by atoms with Crippen LogP contribution >= 0.6 is 0 Å². The maximum atomic E-state index is 11.7. The number of carbonyl (C=O) groups excluding carboxylic acids is 2. The van der Waals surface area contributed by atoms with Crippen LogP contribution in [0.5, 0.6) is 11.6 Å². The maximum absolute atomic E-state index is 11.7. The standard InChI is InChI=1S/C12H12N2O5/c1-18-12(17)19-10-4-7-6(9(16)5-13)2-3-8(15)11(7)14-10/h2-4,14-15H,5,13H2,1H3. The van der Waals surface area contributed by atoms with Crippen LogP contribution < -0.4 is 10.5 Å². The summed E-state index contributed by atoms with van der Waals surface area (Å²) in [5.41, 5.74) is 5.94. The van der Waals surface area contributed by atoms with Gasteiger partial charge < -0.3 is 25.3 Å². The van der Waals surface area contributed by atoms with Crippen LogP contribution in [0, 0.1) is 0 Å². The number of ether oxygens (including phenoxy) is 2. The summed E-state index contributed by atoms with van der Waals surface area (Å²) in [6.07, 6.45) is -0.905. The SMILES string of the molecule is COC(=O)Oc1cc2c(C(=O)CN)ccc(O)c2[nH]1. The van der Waals surface area contributed by atoms with Crippen molar-refractivity contribution in [3.05, 3.63) is 23.8 Å². The number of carbonyl (C=O) groups is 2. The smallest absolute Gasteiger partial charge is 0.506 e. The minimum absolute atomic E-state index is 0.0643. The number of aromatic amines is 1. The highest BCUT2D eigenvalue weighted by Crippen LogP contribution is 2.31. The number of phenolic OH excluding ortho intramolecular Hbond substituents is 1. The van der Waals surface area contributed by atoms with Crippen LogP contribution in [0.3, 0.4) is 0 Å². The summed E-state index contributed by atoms with van der Waals surface area (Å²) >= 11 is 0. The predicted molar refractivity (Wildman–Crippen MR) is 66.4 cm³/mol. The fraction of sp³-hybridized carbons (Fsp3) is 0.167. The largest absolute Gasteiger partial charge is 0.514 e. The molecule has 1 heterocycles. The van der Waals surface area contributed by atoms with Gasteiger partial charge in [0.1, 0.15) is 5.75 Å². The van der Waals surface area contributed by atoms with Gasteiger partial charge in [-0.25, -0.2) is 4.79 Å². The van der Waals surface area contributed by atoms with E-state index in [-0.39, 0.29) is 24.0 Å². The Morgan fingerprint density at radius 1 is 1.42 bits per heavy atom. The van der Waals surface area contributed by atoms with Crippen molar-refractivity contribution >= 4 is 22.8 Å². The summed E-state index contributed by atoms with van der Waals surface area (Å²) in [4.78, 5) is 25.4. The molecule has 1 aromatic heterocycles. The monoisotopic (exact) mass is 264 g/mol. The Kier molecular flexibility index (Phi) is 3.39. The molecule has 2 rings (SSSR count). The van der Waals surface area contributed by atoms with E-state index in [1.54, 1.807) is 0 Å². The summed E-state index contributed by atoms with van der Waals surface area (Å²) < 4.78 is 9.15. The van der Waals surface area contributed by atoms with Crippen LogP contribution in [-0.2, 0) is 4.74 Å². The summed E-state index contributed by atoms with van der Waals surface area (Å²) in [5.74, 6) is -0.286. The summed E-state index contributed by atoms with van der Waals surface area (Å²) in [6, 6.07) is 4.25. The lowest BCUT2D eigenvalue weighted by Crippen LogP contribution is -2.13. The topological polar surface area (TPSA) is 115 Å². The zero-order valence-electron chi connectivity index (χ0n) is 10.1. The van der Waals surface area contributed by atoms with Gasteiger partial charge in [0.15, 0.2) is 5.78 Å². The molecule has 0 saturated heterocycles. The van der Waals surface area contributed by atoms with Crippen molar-refractivity contribution in [2.24, 2.45) is 5.73 Å². The lowest BCUT2D eigenvalue weighted by Gasteiger charge is -2.01. The number of hydrogen-bond acceptors (Lipinski definition) is 6. The lowest BCUT2D eigenvalue weighted by atomic mass is 10.1. The molecule has 4 N–H and O–H groups in total. The van der Waals surface area contributed by atoms with Crippen LogP contribution in [0.1, 0.15) is 10.4 Å². The fourth-order valence-corrected chi connectivity index (χ4v) is 1.72. The fourth-order valence-electron chi connectivity index (χ4n) is 1.72. The third-order valence-electron chi connectivity index (χ3n) is 2.59. The molecule has 0 saturated carbocycles. The van der Waals surface area contributed by atoms with E-state index in [0.29, 0.717) is 16.5 Å². The molecule has 0 radical (unpaired) electrons. The summed E-state index contributed by atoms with van der Waals surface area (Å²) in [5, 5.41) is 10.1. The van der Waals surface area contributed by atoms with Crippen molar-refractivity contribution in [3.63, 3.8) is 0 Å². The zero-order chi connectivity index (χ0) is 14.0. The van der Waals surface area contributed by atoms with Gasteiger partial charge in [-0.15, -0.1) is 0 Å². The van der Waals surface area contributed by atoms with Gasteiger partial charge in [-0.2, -0.15) is 0 Å². The second-order valence-electron chi connectivity index (χ2n) is 3.74. The normalized spacial score (nSPS) is 10.4. The van der Waals surface area contributed by atoms with E-state index >= 15 is 0 Å². The average molecular weight is 264 g/mol. The number of ketones is 1. The first kappa shape index (κ1) is 12.9. The first-order valence-electron chi connectivity index (χ1n) is 5.40. The molecule has 0 aliphatic heterocycles. The number of aromatic hydroxyl groups is 1. The van der Waals surface area contributed by atoms with E-state index in [9.17, 15) is 14.7 Å². The molecule has 0 amide bonds. The average Bonchev–Trinajstić information content (AvgIpc) is 2.82. The van der Waals surface area contributed by atoms with Crippen molar-refractivity contribution in [1.82, 2.24) is 4.98 Å². The van der Waals surface area contributed by atoms with Gasteiger partial charge in [-0.3, -0.25) is 4.79 Å². The first-order chi connectivity index (χ1) is 9.06. The Hall–Kier alpha value is -2.54. The number of rotatable bonds is 3. The van der Waals surface area contributed by atoms with Crippen LogP contribution in [-0.4, -0.2) is 35.7 Å². The number of nitrogens with one attached hydrogen (secondary N) is 1. The number of Topliss-reactive ketones (excluding diaryl/α,β-unsaturated/α-hetero) is 1. The molecular formula is C12H12N2O5. The Morgan fingerprint density at radius 2 is 2.16 bits per heavy atom. The number of methoxy groups -OCH3 is 1. The van der Waals surface area contributed by atoms with Gasteiger partial charge in [0, 0.05) is 17.0 Å². The third-order valence-corrected chi connectivity index (χ3v) is 2.59. The van der Waals surface area contributed by atoms with Crippen molar-refractivity contribution in [2.75, 3.05) is 13.7 Å². The van der Waals surface area contributed by atoms with E-state index in [1.165, 1.54) is 25.3 Å². The maximum Gasteiger partial charge on any atom is 0.514 e. The molecule has 2 aromatic rings. The Balaban J connectivity index is 2.53. The number of hydrogen-bond donors (Lipinski definition) is 3. The van der Waals surface area contributed by atoms with E-state index < -0.39 is 6.16 Å². The van der Waals surface area contributed by atoms with Gasteiger partial charge in [-0.1, -0.05) is 0 Å². The molecule has 100 valence electrons. The molecule has 7 nitrogen and oxygen atoms in total. The molecule has 0 unspecified atom stereocenters. The van der Waals surface area contributed by atoms with E-state index in [2.05, 4.69) is 9.72 Å². The molecule has 0 fully saturated rings. The number of aromatic nitrogens is 1. The van der Waals surface area contributed by atoms with Gasteiger partial charge >= 0.3 is 6.16 Å². The predicted octanol–water partition coefficient (Wildman–Crippen LogP) is 1.16. The van der Waals surface area contributed by atoms with Crippen molar-refractivity contribution in [2.45, 2.75) is 0 Å². The summed E-state index contributed by atoms with van der Waals surface area (Å²) in [7, 11) is 1.17. The Bertz CT molecular complexity index is 647. The lowest BCUT2D eigenvalue weighted by molar-refractivity contribution is 0.100. The molecule has 0 bridgehead atoms. The molecule has 0 aliphatic rings. The van der Waals surface area contributed by atoms with Crippen molar-refractivity contribution < 1.29 is 24.2 Å². The molecular weight excluding hydrogens is 252 g/mol. The second kappa shape index (κ2) is 4.99. The van der Waals surface area contributed by atoms with Crippen LogP contribution in [0.2, 0.25) is 0 Å². The van der Waals surface area contributed by atoms with Crippen molar-refractivity contribution in [3.8, 4) is 11.6 Å². The van der Waals surface area contributed by atoms with E-state index in [4.69, 9.17) is 10.5 Å². The van der Waals surface area contributed by atoms with Crippen molar-refractivity contribution in [1.29, 1.82) is 0 Å². The van der Waals surface area contributed by atoms with Crippen LogP contribution in [0.15, 0.2) is 18.2 Å². The number of nitrogens with two attached hydrogens (primary N) is 1. The number of phenols is 1. The molecule has 0 aliphatic carbocycles. The molecule has 19 heavy (non-hydrogen) atoms. The second-order valence-corrected chi connectivity index (χ2v) is 3.74. The molecule has 0 atom stereocenters. The van der Waals surface area contributed by atoms with Crippen LogP contribution in [0.4, 0.5) is 4.79 Å². The van der Waals surface area contributed by atoms with Crippen LogP contribution in [0.25, 0.3) is 10.9 Å². The minimum atomic E-state index is -0.905. The first-order valence-corrected chi connectivity index (χ1v) is 5.40. The highest BCUT2D eigenvalue weighted by Gasteiger charge is 2.16. The van der Waals surface area contributed by atoms with E-state index in [0.717, 1.165) is 0 Å². The van der Waals surface area contributed by atoms with Gasteiger partial charge in [0.2, 0.25) is 5.88 Å².